The Bertz CT molecular complexity index is 506. The highest BCUT2D eigenvalue weighted by Gasteiger charge is 2.37. The molecule has 2 aliphatic heterocycles. The first-order valence-electron chi connectivity index (χ1n) is 8.14. The summed E-state index contributed by atoms with van der Waals surface area (Å²) in [6, 6.07) is 7.98. The van der Waals surface area contributed by atoms with Crippen molar-refractivity contribution in [1.82, 2.24) is 0 Å². The zero-order valence-corrected chi connectivity index (χ0v) is 13.7. The fraction of sp³-hybridized carbons (Fsp3) is 0.588. The first-order valence-corrected chi connectivity index (χ1v) is 9.29. The number of nitrogens with one attached hydrogen (secondary N) is 1. The summed E-state index contributed by atoms with van der Waals surface area (Å²) in [5, 5.41) is 13.3. The third-order valence-corrected chi connectivity index (χ3v) is 5.57. The number of hydrogen-bond donors (Lipinski definition) is 2. The Morgan fingerprint density at radius 2 is 1.73 bits per heavy atom. The van der Waals surface area contributed by atoms with Crippen LogP contribution in [0.3, 0.4) is 0 Å². The Kier molecular flexibility index (Phi) is 4.93. The molecule has 2 N–H and O–H groups in total. The van der Waals surface area contributed by atoms with Crippen LogP contribution in [0.15, 0.2) is 24.3 Å². The van der Waals surface area contributed by atoms with Crippen molar-refractivity contribution >= 4 is 29.0 Å². The van der Waals surface area contributed by atoms with Crippen LogP contribution < -0.4 is 10.2 Å². The van der Waals surface area contributed by atoms with Gasteiger partial charge in [-0.3, -0.25) is 4.79 Å². The van der Waals surface area contributed by atoms with E-state index in [-0.39, 0.29) is 5.91 Å². The van der Waals surface area contributed by atoms with Crippen LogP contribution in [-0.4, -0.2) is 41.2 Å². The number of nitrogens with zero attached hydrogens (tertiary/aromatic N) is 1. The zero-order valence-electron chi connectivity index (χ0n) is 12.9. The minimum Gasteiger partial charge on any atom is -0.380 e. The maximum absolute atomic E-state index is 12.3. The van der Waals surface area contributed by atoms with Gasteiger partial charge in [-0.2, -0.15) is 11.8 Å². The number of piperidine rings is 1. The lowest BCUT2D eigenvalue weighted by Crippen LogP contribution is -2.45. The van der Waals surface area contributed by atoms with Crippen molar-refractivity contribution in [3.8, 4) is 0 Å². The first-order chi connectivity index (χ1) is 10.7. The van der Waals surface area contributed by atoms with E-state index in [9.17, 15) is 9.90 Å². The smallest absolute Gasteiger partial charge is 0.256 e. The maximum atomic E-state index is 12.3. The van der Waals surface area contributed by atoms with Crippen molar-refractivity contribution in [2.24, 2.45) is 0 Å². The SMILES string of the molecule is O=C(Nc1ccc(N2CCCCC2)cc1)C1(O)CCSCC1. The first kappa shape index (κ1) is 15.7. The predicted octanol–water partition coefficient (Wildman–Crippen LogP) is 2.87. The van der Waals surface area contributed by atoms with Crippen molar-refractivity contribution < 1.29 is 9.90 Å². The lowest BCUT2D eigenvalue weighted by molar-refractivity contribution is -0.134. The molecule has 0 aromatic heterocycles. The minimum atomic E-state index is -1.20. The number of aliphatic hydroxyl groups is 1. The number of anilines is 2. The van der Waals surface area contributed by atoms with Crippen LogP contribution in [-0.2, 0) is 4.79 Å². The van der Waals surface area contributed by atoms with Crippen LogP contribution in [0.2, 0.25) is 0 Å². The summed E-state index contributed by atoms with van der Waals surface area (Å²) in [4.78, 5) is 14.7. The Balaban J connectivity index is 1.61. The van der Waals surface area contributed by atoms with E-state index in [0.717, 1.165) is 30.3 Å². The van der Waals surface area contributed by atoms with E-state index in [0.29, 0.717) is 12.8 Å². The fourth-order valence-corrected chi connectivity index (χ4v) is 4.26. The normalized spacial score (nSPS) is 21.4. The van der Waals surface area contributed by atoms with Gasteiger partial charge in [-0.05, 0) is 67.9 Å². The van der Waals surface area contributed by atoms with E-state index in [1.165, 1.54) is 24.9 Å². The molecule has 0 atom stereocenters. The highest BCUT2D eigenvalue weighted by molar-refractivity contribution is 7.99. The van der Waals surface area contributed by atoms with Gasteiger partial charge < -0.3 is 15.3 Å². The molecule has 5 heteroatoms. The molecular weight excluding hydrogens is 296 g/mol. The van der Waals surface area contributed by atoms with Gasteiger partial charge in [-0.1, -0.05) is 0 Å². The third kappa shape index (κ3) is 3.58. The second-order valence-electron chi connectivity index (χ2n) is 6.19. The van der Waals surface area contributed by atoms with Crippen LogP contribution in [0.4, 0.5) is 11.4 Å². The van der Waals surface area contributed by atoms with E-state index in [4.69, 9.17) is 0 Å². The monoisotopic (exact) mass is 320 g/mol. The van der Waals surface area contributed by atoms with E-state index in [2.05, 4.69) is 22.3 Å². The lowest BCUT2D eigenvalue weighted by atomic mass is 9.95. The molecule has 0 unspecified atom stereocenters. The van der Waals surface area contributed by atoms with Gasteiger partial charge in [0.25, 0.3) is 5.91 Å². The molecule has 2 saturated heterocycles. The number of hydrogen-bond acceptors (Lipinski definition) is 4. The number of carbonyl (C=O) groups is 1. The molecule has 1 aromatic carbocycles. The second kappa shape index (κ2) is 6.92. The highest BCUT2D eigenvalue weighted by atomic mass is 32.2. The quantitative estimate of drug-likeness (QED) is 0.899. The zero-order chi connectivity index (χ0) is 15.4. The summed E-state index contributed by atoms with van der Waals surface area (Å²) in [6.07, 6.45) is 4.90. The van der Waals surface area contributed by atoms with Gasteiger partial charge in [-0.15, -0.1) is 0 Å². The van der Waals surface area contributed by atoms with Crippen LogP contribution in [0, 0.1) is 0 Å². The molecule has 3 rings (SSSR count). The van der Waals surface area contributed by atoms with Crippen LogP contribution in [0.5, 0.6) is 0 Å². The van der Waals surface area contributed by atoms with Crippen molar-refractivity contribution in [3.63, 3.8) is 0 Å². The Labute approximate surface area is 136 Å². The van der Waals surface area contributed by atoms with Crippen molar-refractivity contribution in [3.05, 3.63) is 24.3 Å². The van der Waals surface area contributed by atoms with E-state index in [1.54, 1.807) is 11.8 Å². The van der Waals surface area contributed by atoms with Gasteiger partial charge in [0.1, 0.15) is 5.60 Å². The number of benzene rings is 1. The van der Waals surface area contributed by atoms with E-state index >= 15 is 0 Å². The molecule has 1 amide bonds. The van der Waals surface area contributed by atoms with Gasteiger partial charge >= 0.3 is 0 Å². The molecule has 1 aromatic rings. The molecule has 2 heterocycles. The minimum absolute atomic E-state index is 0.265. The van der Waals surface area contributed by atoms with Crippen LogP contribution >= 0.6 is 11.8 Å². The van der Waals surface area contributed by atoms with Gasteiger partial charge in [0, 0.05) is 24.5 Å². The molecule has 2 fully saturated rings. The molecule has 4 nitrogen and oxygen atoms in total. The third-order valence-electron chi connectivity index (χ3n) is 4.59. The maximum Gasteiger partial charge on any atom is 0.256 e. The highest BCUT2D eigenvalue weighted by Crippen LogP contribution is 2.28. The average molecular weight is 320 g/mol. The predicted molar refractivity (Wildman–Crippen MR) is 92.6 cm³/mol. The van der Waals surface area contributed by atoms with Crippen molar-refractivity contribution in [1.29, 1.82) is 0 Å². The molecule has 0 aliphatic carbocycles. The van der Waals surface area contributed by atoms with Gasteiger partial charge in [-0.25, -0.2) is 0 Å². The topological polar surface area (TPSA) is 52.6 Å². The summed E-state index contributed by atoms with van der Waals surface area (Å²) >= 11 is 1.79. The average Bonchev–Trinajstić information content (AvgIpc) is 2.57. The largest absolute Gasteiger partial charge is 0.380 e. The summed E-state index contributed by atoms with van der Waals surface area (Å²) in [7, 11) is 0. The molecule has 0 spiro atoms. The lowest BCUT2D eigenvalue weighted by Gasteiger charge is -2.30. The molecule has 0 bridgehead atoms. The van der Waals surface area contributed by atoms with E-state index in [1.807, 2.05) is 12.1 Å². The summed E-state index contributed by atoms with van der Waals surface area (Å²) < 4.78 is 0. The number of carbonyl (C=O) groups excluding carboxylic acids is 1. The molecule has 22 heavy (non-hydrogen) atoms. The number of amides is 1. The summed E-state index contributed by atoms with van der Waals surface area (Å²) in [5.74, 6) is 1.42. The van der Waals surface area contributed by atoms with Crippen LogP contribution in [0.25, 0.3) is 0 Å². The summed E-state index contributed by atoms with van der Waals surface area (Å²) in [5.41, 5.74) is 0.777. The molecular formula is C17H24N2O2S. The number of rotatable bonds is 3. The van der Waals surface area contributed by atoms with Gasteiger partial charge in [0.15, 0.2) is 0 Å². The van der Waals surface area contributed by atoms with E-state index < -0.39 is 5.60 Å². The van der Waals surface area contributed by atoms with Gasteiger partial charge in [0.2, 0.25) is 0 Å². The van der Waals surface area contributed by atoms with Gasteiger partial charge in [0.05, 0.1) is 0 Å². The standard InChI is InChI=1S/C17H24N2O2S/c20-16(17(21)8-12-22-13-9-17)18-14-4-6-15(7-5-14)19-10-2-1-3-11-19/h4-7,21H,1-3,8-13H2,(H,18,20). The fourth-order valence-electron chi connectivity index (χ4n) is 3.09. The Hall–Kier alpha value is -1.20. The second-order valence-corrected chi connectivity index (χ2v) is 7.42. The van der Waals surface area contributed by atoms with Crippen molar-refractivity contribution in [2.75, 3.05) is 34.8 Å². The molecule has 0 radical (unpaired) electrons. The number of thioether (sulfide) groups is 1. The van der Waals surface area contributed by atoms with Crippen molar-refractivity contribution in [2.45, 2.75) is 37.7 Å². The Morgan fingerprint density at radius 1 is 1.09 bits per heavy atom. The molecule has 2 aliphatic rings. The molecule has 120 valence electrons. The molecule has 0 saturated carbocycles. The summed E-state index contributed by atoms with van der Waals surface area (Å²) in [6.45, 7) is 2.23. The van der Waals surface area contributed by atoms with Crippen LogP contribution in [0.1, 0.15) is 32.1 Å². The Morgan fingerprint density at radius 3 is 2.36 bits per heavy atom.